The van der Waals surface area contributed by atoms with Gasteiger partial charge < -0.3 is 19.7 Å². The number of likely N-dealkylation sites (N-methyl/N-ethyl adjacent to an activating group) is 1. The van der Waals surface area contributed by atoms with Gasteiger partial charge in [0, 0.05) is 18.3 Å². The summed E-state index contributed by atoms with van der Waals surface area (Å²) in [6, 6.07) is 0. The van der Waals surface area contributed by atoms with Crippen molar-refractivity contribution in [1.82, 2.24) is 5.32 Å². The number of nitrogens with one attached hydrogen (secondary N) is 1. The van der Waals surface area contributed by atoms with Crippen LogP contribution in [0.15, 0.2) is 0 Å². The van der Waals surface area contributed by atoms with Crippen LogP contribution in [0.4, 0.5) is 0 Å². The molecule has 0 aromatic heterocycles. The SMILES string of the molecule is CCC(C)C(=O)NCC[N+](C)(C)CCC(=O)[O-]. The van der Waals surface area contributed by atoms with Crippen LogP contribution in [-0.4, -0.2) is 50.1 Å². The first kappa shape index (κ1) is 15.9. The Morgan fingerprint density at radius 3 is 2.35 bits per heavy atom. The molecule has 0 radical (unpaired) electrons. The minimum Gasteiger partial charge on any atom is -0.550 e. The van der Waals surface area contributed by atoms with Gasteiger partial charge in [0.1, 0.15) is 0 Å². The molecule has 0 aromatic rings. The molecule has 0 aliphatic heterocycles. The zero-order valence-electron chi connectivity index (χ0n) is 11.3. The number of carboxylic acids is 1. The number of quaternary nitrogens is 1. The molecule has 5 nitrogen and oxygen atoms in total. The molecule has 5 heteroatoms. The van der Waals surface area contributed by atoms with Gasteiger partial charge >= 0.3 is 0 Å². The summed E-state index contributed by atoms with van der Waals surface area (Å²) in [5.74, 6) is -0.930. The average molecular weight is 244 g/mol. The lowest BCUT2D eigenvalue weighted by Gasteiger charge is -2.30. The Bertz CT molecular complexity index is 264. The molecule has 1 N–H and O–H groups in total. The van der Waals surface area contributed by atoms with E-state index in [2.05, 4.69) is 5.32 Å². The summed E-state index contributed by atoms with van der Waals surface area (Å²) in [7, 11) is 3.89. The molecule has 1 amide bonds. The van der Waals surface area contributed by atoms with Gasteiger partial charge in [0.2, 0.25) is 5.91 Å². The van der Waals surface area contributed by atoms with E-state index < -0.39 is 5.97 Å². The fourth-order valence-corrected chi connectivity index (χ4v) is 1.35. The van der Waals surface area contributed by atoms with E-state index in [9.17, 15) is 14.7 Å². The molecule has 1 atom stereocenters. The Morgan fingerprint density at radius 2 is 1.88 bits per heavy atom. The molecular weight excluding hydrogens is 220 g/mol. The van der Waals surface area contributed by atoms with Crippen LogP contribution in [0.25, 0.3) is 0 Å². The van der Waals surface area contributed by atoms with Crippen molar-refractivity contribution in [3.63, 3.8) is 0 Å². The van der Waals surface area contributed by atoms with E-state index in [0.717, 1.165) is 13.0 Å². The molecule has 0 heterocycles. The fraction of sp³-hybridized carbons (Fsp3) is 0.833. The van der Waals surface area contributed by atoms with Gasteiger partial charge in [-0.15, -0.1) is 0 Å². The Hall–Kier alpha value is -1.10. The Labute approximate surface area is 103 Å². The van der Waals surface area contributed by atoms with E-state index in [0.29, 0.717) is 17.6 Å². The zero-order valence-corrected chi connectivity index (χ0v) is 11.3. The number of carboxylic acid groups (broad SMARTS) is 1. The predicted octanol–water partition coefficient (Wildman–Crippen LogP) is -0.635. The zero-order chi connectivity index (χ0) is 13.5. The van der Waals surface area contributed by atoms with Crippen LogP contribution in [0.2, 0.25) is 0 Å². The number of hydrogen-bond donors (Lipinski definition) is 1. The second-order valence-electron chi connectivity index (χ2n) is 5.11. The molecule has 0 aliphatic rings. The summed E-state index contributed by atoms with van der Waals surface area (Å²) in [6.07, 6.45) is 0.876. The van der Waals surface area contributed by atoms with Crippen molar-refractivity contribution in [3.05, 3.63) is 0 Å². The summed E-state index contributed by atoms with van der Waals surface area (Å²) < 4.78 is 0.564. The molecular formula is C12H24N2O3. The first-order valence-corrected chi connectivity index (χ1v) is 6.08. The highest BCUT2D eigenvalue weighted by atomic mass is 16.4. The number of carbonyl (C=O) groups excluding carboxylic acids is 2. The van der Waals surface area contributed by atoms with Gasteiger partial charge in [0.05, 0.1) is 33.7 Å². The molecule has 0 saturated carbocycles. The molecule has 1 unspecified atom stereocenters. The lowest BCUT2D eigenvalue weighted by atomic mass is 10.1. The number of amides is 1. The topological polar surface area (TPSA) is 69.2 Å². The minimum atomic E-state index is -1.03. The van der Waals surface area contributed by atoms with Crippen LogP contribution in [0.5, 0.6) is 0 Å². The number of aliphatic carboxylic acids is 1. The maximum absolute atomic E-state index is 11.5. The van der Waals surface area contributed by atoms with Gasteiger partial charge in [0.15, 0.2) is 0 Å². The number of rotatable bonds is 8. The highest BCUT2D eigenvalue weighted by molar-refractivity contribution is 5.78. The average Bonchev–Trinajstić information content (AvgIpc) is 2.25. The summed E-state index contributed by atoms with van der Waals surface area (Å²) in [6.45, 7) is 5.68. The lowest BCUT2D eigenvalue weighted by Crippen LogP contribution is -2.47. The summed E-state index contributed by atoms with van der Waals surface area (Å²) >= 11 is 0. The van der Waals surface area contributed by atoms with Crippen LogP contribution in [0, 0.1) is 5.92 Å². The van der Waals surface area contributed by atoms with Crippen LogP contribution >= 0.6 is 0 Å². The van der Waals surface area contributed by atoms with E-state index in [4.69, 9.17) is 0 Å². The molecule has 0 saturated heterocycles. The van der Waals surface area contributed by atoms with Gasteiger partial charge in [-0.2, -0.15) is 0 Å². The molecule has 0 rings (SSSR count). The van der Waals surface area contributed by atoms with Gasteiger partial charge in [-0.1, -0.05) is 13.8 Å². The van der Waals surface area contributed by atoms with E-state index >= 15 is 0 Å². The predicted molar refractivity (Wildman–Crippen MR) is 63.9 cm³/mol. The van der Waals surface area contributed by atoms with Crippen molar-refractivity contribution < 1.29 is 19.2 Å². The summed E-state index contributed by atoms with van der Waals surface area (Å²) in [5.41, 5.74) is 0. The number of carbonyl (C=O) groups is 2. The molecule has 0 bridgehead atoms. The lowest BCUT2D eigenvalue weighted by molar-refractivity contribution is -0.888. The standard InChI is InChI=1S/C12H24N2O3/c1-5-10(2)12(17)13-7-9-14(3,4)8-6-11(15)16/h10H,5-9H2,1-4H3,(H-,13,15,16,17). The number of hydrogen-bond acceptors (Lipinski definition) is 3. The number of nitrogens with zero attached hydrogens (tertiary/aromatic N) is 1. The first-order chi connectivity index (χ1) is 7.78. The molecule has 0 aliphatic carbocycles. The van der Waals surface area contributed by atoms with E-state index in [-0.39, 0.29) is 18.2 Å². The van der Waals surface area contributed by atoms with E-state index in [1.807, 2.05) is 27.9 Å². The van der Waals surface area contributed by atoms with Gasteiger partial charge in [-0.3, -0.25) is 4.79 Å². The highest BCUT2D eigenvalue weighted by Crippen LogP contribution is 2.01. The third-order valence-electron chi connectivity index (χ3n) is 3.00. The fourth-order valence-electron chi connectivity index (χ4n) is 1.35. The van der Waals surface area contributed by atoms with Crippen molar-refractivity contribution >= 4 is 11.9 Å². The summed E-state index contributed by atoms with van der Waals surface area (Å²) in [5, 5.41) is 13.2. The second-order valence-corrected chi connectivity index (χ2v) is 5.11. The van der Waals surface area contributed by atoms with Crippen LogP contribution in [0.1, 0.15) is 26.7 Å². The molecule has 0 spiro atoms. The van der Waals surface area contributed by atoms with Crippen molar-refractivity contribution in [1.29, 1.82) is 0 Å². The third-order valence-corrected chi connectivity index (χ3v) is 3.00. The van der Waals surface area contributed by atoms with Crippen LogP contribution in [-0.2, 0) is 9.59 Å². The van der Waals surface area contributed by atoms with Gasteiger partial charge in [0.25, 0.3) is 0 Å². The first-order valence-electron chi connectivity index (χ1n) is 6.08. The van der Waals surface area contributed by atoms with Crippen molar-refractivity contribution in [2.75, 3.05) is 33.7 Å². The Morgan fingerprint density at radius 1 is 1.29 bits per heavy atom. The maximum Gasteiger partial charge on any atom is 0.223 e. The van der Waals surface area contributed by atoms with Gasteiger partial charge in [-0.05, 0) is 6.42 Å². The minimum absolute atomic E-state index is 0.0360. The van der Waals surface area contributed by atoms with Crippen molar-refractivity contribution in [2.45, 2.75) is 26.7 Å². The largest absolute Gasteiger partial charge is 0.550 e. The highest BCUT2D eigenvalue weighted by Gasteiger charge is 2.16. The van der Waals surface area contributed by atoms with Gasteiger partial charge in [-0.25, -0.2) is 0 Å². The Balaban J connectivity index is 3.86. The summed E-state index contributed by atoms with van der Waals surface area (Å²) in [4.78, 5) is 21.9. The molecule has 17 heavy (non-hydrogen) atoms. The molecule has 100 valence electrons. The quantitative estimate of drug-likeness (QED) is 0.578. The maximum atomic E-state index is 11.5. The van der Waals surface area contributed by atoms with Crippen LogP contribution in [0.3, 0.4) is 0 Å². The molecule has 0 fully saturated rings. The van der Waals surface area contributed by atoms with E-state index in [1.165, 1.54) is 0 Å². The molecule has 0 aromatic carbocycles. The monoisotopic (exact) mass is 244 g/mol. The van der Waals surface area contributed by atoms with Crippen molar-refractivity contribution in [2.24, 2.45) is 5.92 Å². The van der Waals surface area contributed by atoms with Crippen LogP contribution < -0.4 is 10.4 Å². The Kier molecular flexibility index (Phi) is 6.80. The smallest absolute Gasteiger partial charge is 0.223 e. The normalized spacial score (nSPS) is 13.2. The van der Waals surface area contributed by atoms with Crippen molar-refractivity contribution in [3.8, 4) is 0 Å². The second kappa shape index (κ2) is 7.27. The third kappa shape index (κ3) is 7.74. The van der Waals surface area contributed by atoms with E-state index in [1.54, 1.807) is 0 Å².